The minimum absolute atomic E-state index is 0.0513. The predicted octanol–water partition coefficient (Wildman–Crippen LogP) is 3.24. The number of carbonyl (C=O) groups excluding carboxylic acids is 1. The molecule has 3 rings (SSSR count). The number of rotatable bonds is 3. The molecule has 3 aromatic rings. The summed E-state index contributed by atoms with van der Waals surface area (Å²) >= 11 is 0. The van der Waals surface area contributed by atoms with Gasteiger partial charge in [0.15, 0.2) is 5.78 Å². The van der Waals surface area contributed by atoms with Gasteiger partial charge in [-0.25, -0.2) is 0 Å². The van der Waals surface area contributed by atoms with Gasteiger partial charge >= 0.3 is 0 Å². The van der Waals surface area contributed by atoms with Gasteiger partial charge in [-0.3, -0.25) is 9.78 Å². The molecule has 0 atom stereocenters. The van der Waals surface area contributed by atoms with E-state index >= 15 is 0 Å². The fourth-order valence-electron chi connectivity index (χ4n) is 2.22. The normalized spacial score (nSPS) is 10.6. The van der Waals surface area contributed by atoms with Crippen molar-refractivity contribution in [3.05, 3.63) is 72.1 Å². The quantitative estimate of drug-likeness (QED) is 0.737. The predicted molar refractivity (Wildman–Crippen MR) is 80.6 cm³/mol. The lowest BCUT2D eigenvalue weighted by molar-refractivity contribution is 0.0993. The third kappa shape index (κ3) is 2.38. The first-order valence-electron chi connectivity index (χ1n) is 6.44. The van der Waals surface area contributed by atoms with Gasteiger partial charge in [0.1, 0.15) is 0 Å². The number of anilines is 1. The maximum Gasteiger partial charge on any atom is 0.167 e. The summed E-state index contributed by atoms with van der Waals surface area (Å²) in [5.41, 5.74) is 7.92. The topological polar surface area (TPSA) is 56.0 Å². The van der Waals surface area contributed by atoms with Crippen molar-refractivity contribution in [2.45, 2.75) is 6.42 Å². The molecule has 0 bridgehead atoms. The second-order valence-electron chi connectivity index (χ2n) is 4.74. The Labute approximate surface area is 117 Å². The van der Waals surface area contributed by atoms with Crippen LogP contribution in [0.5, 0.6) is 0 Å². The van der Waals surface area contributed by atoms with Crippen LogP contribution in [0.15, 0.2) is 60.9 Å². The Morgan fingerprint density at radius 3 is 2.65 bits per heavy atom. The molecule has 2 N–H and O–H groups in total. The lowest BCUT2D eigenvalue weighted by atomic mass is 10.0. The standard InChI is InChI=1S/C17H14N2O/c18-16-7-8-19-11-15(16)10-17(20)14-6-5-12-3-1-2-4-13(12)9-14/h1-9,11H,10H2,(H2,18,19). The molecular weight excluding hydrogens is 248 g/mol. The molecule has 0 aliphatic rings. The number of nitrogens with two attached hydrogens (primary N) is 1. The van der Waals surface area contributed by atoms with Gasteiger partial charge in [-0.2, -0.15) is 0 Å². The van der Waals surface area contributed by atoms with E-state index in [1.54, 1.807) is 18.5 Å². The molecule has 0 spiro atoms. The van der Waals surface area contributed by atoms with Crippen LogP contribution in [0.3, 0.4) is 0 Å². The van der Waals surface area contributed by atoms with Crippen molar-refractivity contribution in [1.29, 1.82) is 0 Å². The molecule has 0 saturated heterocycles. The van der Waals surface area contributed by atoms with E-state index in [0.29, 0.717) is 11.3 Å². The van der Waals surface area contributed by atoms with Crippen LogP contribution in [-0.2, 0) is 6.42 Å². The van der Waals surface area contributed by atoms with Crippen molar-refractivity contribution < 1.29 is 4.79 Å². The zero-order chi connectivity index (χ0) is 13.9. The molecule has 1 aromatic heterocycles. The Balaban J connectivity index is 1.91. The van der Waals surface area contributed by atoms with Crippen molar-refractivity contribution in [3.8, 4) is 0 Å². The molecule has 20 heavy (non-hydrogen) atoms. The Morgan fingerprint density at radius 1 is 1.05 bits per heavy atom. The number of pyridine rings is 1. The highest BCUT2D eigenvalue weighted by atomic mass is 16.1. The maximum absolute atomic E-state index is 12.3. The van der Waals surface area contributed by atoms with Gasteiger partial charge in [-0.05, 0) is 22.9 Å². The average Bonchev–Trinajstić information content (AvgIpc) is 2.49. The summed E-state index contributed by atoms with van der Waals surface area (Å²) in [6, 6.07) is 15.4. The minimum atomic E-state index is 0.0513. The lowest BCUT2D eigenvalue weighted by Gasteiger charge is -2.05. The van der Waals surface area contributed by atoms with Crippen LogP contribution in [0, 0.1) is 0 Å². The fraction of sp³-hybridized carbons (Fsp3) is 0.0588. The maximum atomic E-state index is 12.3. The third-order valence-corrected chi connectivity index (χ3v) is 3.36. The van der Waals surface area contributed by atoms with Crippen LogP contribution in [0.25, 0.3) is 10.8 Å². The van der Waals surface area contributed by atoms with Crippen LogP contribution < -0.4 is 5.73 Å². The molecule has 1 heterocycles. The lowest BCUT2D eigenvalue weighted by Crippen LogP contribution is -2.06. The second kappa shape index (κ2) is 5.13. The molecular formula is C17H14N2O. The molecule has 0 aliphatic heterocycles. The van der Waals surface area contributed by atoms with Gasteiger partial charge in [0, 0.05) is 35.6 Å². The number of aromatic nitrogens is 1. The number of nitrogens with zero attached hydrogens (tertiary/aromatic N) is 1. The summed E-state index contributed by atoms with van der Waals surface area (Å²) < 4.78 is 0. The number of Topliss-reactive ketones (excluding diaryl/α,β-unsaturated/α-hetero) is 1. The summed E-state index contributed by atoms with van der Waals surface area (Å²) in [4.78, 5) is 16.3. The first kappa shape index (κ1) is 12.4. The van der Waals surface area contributed by atoms with E-state index in [4.69, 9.17) is 5.73 Å². The molecule has 0 amide bonds. The van der Waals surface area contributed by atoms with Crippen molar-refractivity contribution in [2.75, 3.05) is 5.73 Å². The van der Waals surface area contributed by atoms with Gasteiger partial charge in [0.2, 0.25) is 0 Å². The molecule has 0 radical (unpaired) electrons. The fourth-order valence-corrected chi connectivity index (χ4v) is 2.22. The van der Waals surface area contributed by atoms with E-state index in [1.165, 1.54) is 0 Å². The van der Waals surface area contributed by atoms with Crippen molar-refractivity contribution in [2.24, 2.45) is 0 Å². The zero-order valence-corrected chi connectivity index (χ0v) is 10.9. The summed E-state index contributed by atoms with van der Waals surface area (Å²) in [5.74, 6) is 0.0513. The van der Waals surface area contributed by atoms with Gasteiger partial charge in [0.05, 0.1) is 0 Å². The Hall–Kier alpha value is -2.68. The first-order chi connectivity index (χ1) is 9.74. The zero-order valence-electron chi connectivity index (χ0n) is 10.9. The summed E-state index contributed by atoms with van der Waals surface area (Å²) in [6.07, 6.45) is 3.55. The molecule has 98 valence electrons. The van der Waals surface area contributed by atoms with Gasteiger partial charge in [-0.15, -0.1) is 0 Å². The third-order valence-electron chi connectivity index (χ3n) is 3.36. The van der Waals surface area contributed by atoms with Crippen molar-refractivity contribution in [1.82, 2.24) is 4.98 Å². The van der Waals surface area contributed by atoms with Crippen LogP contribution >= 0.6 is 0 Å². The smallest absolute Gasteiger partial charge is 0.167 e. The van der Waals surface area contributed by atoms with Crippen molar-refractivity contribution in [3.63, 3.8) is 0 Å². The minimum Gasteiger partial charge on any atom is -0.398 e. The van der Waals surface area contributed by atoms with Crippen LogP contribution in [0.4, 0.5) is 5.69 Å². The molecule has 0 fully saturated rings. The molecule has 0 aliphatic carbocycles. The largest absolute Gasteiger partial charge is 0.398 e. The highest BCUT2D eigenvalue weighted by Gasteiger charge is 2.09. The number of benzene rings is 2. The van der Waals surface area contributed by atoms with Gasteiger partial charge < -0.3 is 5.73 Å². The highest BCUT2D eigenvalue weighted by Crippen LogP contribution is 2.18. The van der Waals surface area contributed by atoms with E-state index < -0.39 is 0 Å². The summed E-state index contributed by atoms with van der Waals surface area (Å²) in [7, 11) is 0. The SMILES string of the molecule is Nc1ccncc1CC(=O)c1ccc2ccccc2c1. The molecule has 2 aromatic carbocycles. The van der Waals surface area contributed by atoms with Gasteiger partial charge in [0.25, 0.3) is 0 Å². The number of hydrogen-bond donors (Lipinski definition) is 1. The second-order valence-corrected chi connectivity index (χ2v) is 4.74. The molecule has 0 unspecified atom stereocenters. The van der Waals surface area contributed by atoms with Crippen LogP contribution in [0.2, 0.25) is 0 Å². The Bertz CT molecular complexity index is 781. The number of nitrogen functional groups attached to an aromatic ring is 1. The average molecular weight is 262 g/mol. The number of carbonyl (C=O) groups is 1. The number of hydrogen-bond acceptors (Lipinski definition) is 3. The Morgan fingerprint density at radius 2 is 1.85 bits per heavy atom. The highest BCUT2D eigenvalue weighted by molar-refractivity contribution is 6.01. The van der Waals surface area contributed by atoms with Crippen LogP contribution in [0.1, 0.15) is 15.9 Å². The van der Waals surface area contributed by atoms with E-state index in [1.807, 2.05) is 42.5 Å². The van der Waals surface area contributed by atoms with E-state index in [9.17, 15) is 4.79 Å². The van der Waals surface area contributed by atoms with E-state index in [2.05, 4.69) is 4.98 Å². The van der Waals surface area contributed by atoms with Crippen molar-refractivity contribution >= 4 is 22.2 Å². The molecule has 0 saturated carbocycles. The number of fused-ring (bicyclic) bond motifs is 1. The molecule has 3 nitrogen and oxygen atoms in total. The number of ketones is 1. The van der Waals surface area contributed by atoms with Crippen LogP contribution in [-0.4, -0.2) is 10.8 Å². The summed E-state index contributed by atoms with van der Waals surface area (Å²) in [6.45, 7) is 0. The monoisotopic (exact) mass is 262 g/mol. The molecule has 3 heteroatoms. The first-order valence-corrected chi connectivity index (χ1v) is 6.44. The van der Waals surface area contributed by atoms with E-state index in [0.717, 1.165) is 16.3 Å². The summed E-state index contributed by atoms with van der Waals surface area (Å²) in [5, 5.41) is 2.20. The Kier molecular flexibility index (Phi) is 3.17. The van der Waals surface area contributed by atoms with E-state index in [-0.39, 0.29) is 12.2 Å². The van der Waals surface area contributed by atoms with Gasteiger partial charge in [-0.1, -0.05) is 36.4 Å².